The van der Waals surface area contributed by atoms with Crippen molar-refractivity contribution in [3.05, 3.63) is 35.9 Å². The maximum atomic E-state index is 13.1. The predicted octanol–water partition coefficient (Wildman–Crippen LogP) is 0.863. The molecule has 0 aromatic heterocycles. The molecule has 0 bridgehead atoms. The van der Waals surface area contributed by atoms with E-state index in [2.05, 4.69) is 0 Å². The second-order valence-electron chi connectivity index (χ2n) is 9.89. The fourth-order valence-electron chi connectivity index (χ4n) is 5.06. The van der Waals surface area contributed by atoms with Gasteiger partial charge >= 0.3 is 6.09 Å². The Labute approximate surface area is 205 Å². The number of nitrogens with two attached hydrogens (primary N) is 1. The van der Waals surface area contributed by atoms with Crippen LogP contribution >= 0.6 is 0 Å². The molecular weight excluding hydrogens is 452 g/mol. The van der Waals surface area contributed by atoms with Gasteiger partial charge in [-0.15, -0.1) is 0 Å². The van der Waals surface area contributed by atoms with Gasteiger partial charge in [-0.2, -0.15) is 0 Å². The van der Waals surface area contributed by atoms with E-state index in [9.17, 15) is 24.3 Å². The van der Waals surface area contributed by atoms with Gasteiger partial charge in [-0.1, -0.05) is 30.3 Å². The van der Waals surface area contributed by atoms with Crippen LogP contribution in [-0.2, 0) is 25.7 Å². The van der Waals surface area contributed by atoms with Crippen molar-refractivity contribution < 1.29 is 29.0 Å². The third kappa shape index (κ3) is 5.42. The van der Waals surface area contributed by atoms with Crippen molar-refractivity contribution in [3.8, 4) is 0 Å². The number of aliphatic hydroxyl groups excluding tert-OH is 1. The van der Waals surface area contributed by atoms with Crippen LogP contribution < -0.4 is 5.73 Å². The molecule has 2 aliphatic heterocycles. The summed E-state index contributed by atoms with van der Waals surface area (Å²) in [5.74, 6) is -1.20. The summed E-state index contributed by atoms with van der Waals surface area (Å²) in [6, 6.07) is 7.35. The fourth-order valence-corrected chi connectivity index (χ4v) is 5.06. The van der Waals surface area contributed by atoms with Crippen molar-refractivity contribution in [1.29, 1.82) is 0 Å². The largest absolute Gasteiger partial charge is 0.445 e. The van der Waals surface area contributed by atoms with E-state index in [1.54, 1.807) is 11.8 Å². The zero-order valence-corrected chi connectivity index (χ0v) is 20.1. The summed E-state index contributed by atoms with van der Waals surface area (Å²) in [5, 5.41) is 10.3. The van der Waals surface area contributed by atoms with E-state index < -0.39 is 36.1 Å². The Bertz CT molecular complexity index is 966. The van der Waals surface area contributed by atoms with Gasteiger partial charge in [-0.05, 0) is 43.6 Å². The quantitative estimate of drug-likeness (QED) is 0.587. The van der Waals surface area contributed by atoms with E-state index in [0.717, 1.165) is 24.8 Å². The van der Waals surface area contributed by atoms with E-state index >= 15 is 0 Å². The van der Waals surface area contributed by atoms with E-state index in [0.29, 0.717) is 19.5 Å². The number of β-amino-alcohol motifs (C(OH)–C–C–N with tert-alkyl or cyclic N) is 1. The first-order valence-corrected chi connectivity index (χ1v) is 12.2. The van der Waals surface area contributed by atoms with Crippen LogP contribution in [0.5, 0.6) is 0 Å². The monoisotopic (exact) mass is 486 g/mol. The Balaban J connectivity index is 1.30. The Hall–Kier alpha value is -3.14. The molecule has 1 aromatic carbocycles. The highest BCUT2D eigenvalue weighted by molar-refractivity contribution is 5.93. The molecule has 2 unspecified atom stereocenters. The van der Waals surface area contributed by atoms with Gasteiger partial charge < -0.3 is 25.4 Å². The SMILES string of the molecule is CC1C(=O)N(CCCC(=O)N2CCC3(CC3)[C@H](O)C2)C(C(N)=O)CN1C(=O)OCc1ccccc1. The van der Waals surface area contributed by atoms with Crippen LogP contribution in [0.3, 0.4) is 0 Å². The number of carbonyl (C=O) groups is 4. The fraction of sp³-hybridized carbons (Fsp3) is 0.600. The molecule has 10 heteroatoms. The Kier molecular flexibility index (Phi) is 7.30. The Morgan fingerprint density at radius 3 is 2.49 bits per heavy atom. The number of aliphatic hydroxyl groups is 1. The average Bonchev–Trinajstić information content (AvgIpc) is 3.63. The molecule has 1 aliphatic carbocycles. The van der Waals surface area contributed by atoms with Gasteiger partial charge in [0.15, 0.2) is 0 Å². The predicted molar refractivity (Wildman–Crippen MR) is 126 cm³/mol. The standard InChI is InChI=1S/C25H34N4O6/c1-17-23(33)28(12-5-8-21(31)27-13-11-25(9-10-25)20(30)15-27)19(22(26)32)14-29(17)24(34)35-16-18-6-3-2-4-7-18/h2-4,6-7,17,19-20,30H,5,8-16H2,1H3,(H2,26,32)/t17?,19?,20-/m1/s1. The number of nitrogens with zero attached hydrogens (tertiary/aromatic N) is 3. The second-order valence-corrected chi connectivity index (χ2v) is 9.89. The molecule has 35 heavy (non-hydrogen) atoms. The number of amides is 4. The first-order chi connectivity index (χ1) is 16.7. The van der Waals surface area contributed by atoms with Crippen LogP contribution in [0.4, 0.5) is 4.79 Å². The molecule has 1 saturated carbocycles. The molecule has 3 fully saturated rings. The minimum absolute atomic E-state index is 0.0238. The summed E-state index contributed by atoms with van der Waals surface area (Å²) >= 11 is 0. The average molecular weight is 487 g/mol. The maximum Gasteiger partial charge on any atom is 0.410 e. The molecule has 2 heterocycles. The van der Waals surface area contributed by atoms with Gasteiger partial charge in [0, 0.05) is 26.1 Å². The highest BCUT2D eigenvalue weighted by Gasteiger charge is 2.51. The van der Waals surface area contributed by atoms with Crippen LogP contribution in [-0.4, -0.2) is 88.0 Å². The second kappa shape index (κ2) is 10.2. The highest BCUT2D eigenvalue weighted by Crippen LogP contribution is 2.53. The normalized spacial score (nSPS) is 25.5. The Morgan fingerprint density at radius 1 is 1.14 bits per heavy atom. The first-order valence-electron chi connectivity index (χ1n) is 12.2. The Morgan fingerprint density at radius 2 is 1.86 bits per heavy atom. The molecule has 3 aliphatic rings. The van der Waals surface area contributed by atoms with Gasteiger partial charge in [-0.25, -0.2) is 4.79 Å². The molecule has 2 saturated heterocycles. The lowest BCUT2D eigenvalue weighted by atomic mass is 9.90. The molecular formula is C25H34N4O6. The molecule has 1 aromatic rings. The van der Waals surface area contributed by atoms with Crippen LogP contribution in [0.15, 0.2) is 30.3 Å². The topological polar surface area (TPSA) is 133 Å². The number of carbonyl (C=O) groups excluding carboxylic acids is 4. The van der Waals surface area contributed by atoms with E-state index in [1.807, 2.05) is 30.3 Å². The van der Waals surface area contributed by atoms with Gasteiger partial charge in [0.05, 0.1) is 12.6 Å². The first kappa shape index (κ1) is 25.0. The minimum atomic E-state index is -0.996. The third-order valence-electron chi connectivity index (χ3n) is 7.64. The van der Waals surface area contributed by atoms with E-state index in [4.69, 9.17) is 10.5 Å². The summed E-state index contributed by atoms with van der Waals surface area (Å²) in [7, 11) is 0. The van der Waals surface area contributed by atoms with Crippen LogP contribution in [0, 0.1) is 5.41 Å². The number of piperazine rings is 1. The minimum Gasteiger partial charge on any atom is -0.445 e. The van der Waals surface area contributed by atoms with Gasteiger partial charge in [0.25, 0.3) is 0 Å². The number of hydrogen-bond acceptors (Lipinski definition) is 6. The lowest BCUT2D eigenvalue weighted by Crippen LogP contribution is -2.65. The maximum absolute atomic E-state index is 13.1. The number of primary amides is 1. The van der Waals surface area contributed by atoms with Crippen LogP contribution in [0.2, 0.25) is 0 Å². The smallest absolute Gasteiger partial charge is 0.410 e. The molecule has 4 rings (SSSR count). The summed E-state index contributed by atoms with van der Waals surface area (Å²) in [6.07, 6.45) is 2.27. The van der Waals surface area contributed by atoms with Crippen LogP contribution in [0.1, 0.15) is 44.6 Å². The van der Waals surface area contributed by atoms with Gasteiger partial charge in [-0.3, -0.25) is 19.3 Å². The number of rotatable bonds is 7. The number of hydrogen-bond donors (Lipinski definition) is 2. The number of ether oxygens (including phenoxy) is 1. The summed E-state index contributed by atoms with van der Waals surface area (Å²) in [4.78, 5) is 54.8. The molecule has 4 amide bonds. The van der Waals surface area contributed by atoms with Crippen molar-refractivity contribution in [2.75, 3.05) is 26.2 Å². The van der Waals surface area contributed by atoms with Gasteiger partial charge in [0.1, 0.15) is 18.7 Å². The van der Waals surface area contributed by atoms with Crippen molar-refractivity contribution in [2.45, 2.75) is 63.8 Å². The van der Waals surface area contributed by atoms with E-state index in [1.165, 1.54) is 9.80 Å². The summed E-state index contributed by atoms with van der Waals surface area (Å²) < 4.78 is 5.35. The van der Waals surface area contributed by atoms with Crippen molar-refractivity contribution in [2.24, 2.45) is 11.1 Å². The summed E-state index contributed by atoms with van der Waals surface area (Å²) in [5.41, 5.74) is 6.41. The zero-order valence-electron chi connectivity index (χ0n) is 20.1. The lowest BCUT2D eigenvalue weighted by molar-refractivity contribution is -0.149. The molecule has 3 N–H and O–H groups in total. The lowest BCUT2D eigenvalue weighted by Gasteiger charge is -2.42. The summed E-state index contributed by atoms with van der Waals surface area (Å²) in [6.45, 7) is 2.74. The molecule has 0 radical (unpaired) electrons. The van der Waals surface area contributed by atoms with Gasteiger partial charge in [0.2, 0.25) is 17.7 Å². The molecule has 3 atom stereocenters. The number of benzene rings is 1. The van der Waals surface area contributed by atoms with Crippen molar-refractivity contribution >= 4 is 23.8 Å². The third-order valence-corrected chi connectivity index (χ3v) is 7.64. The van der Waals surface area contributed by atoms with Crippen LogP contribution in [0.25, 0.3) is 0 Å². The zero-order chi connectivity index (χ0) is 25.2. The van der Waals surface area contributed by atoms with Crippen molar-refractivity contribution in [1.82, 2.24) is 14.7 Å². The van der Waals surface area contributed by atoms with Crippen molar-refractivity contribution in [3.63, 3.8) is 0 Å². The van der Waals surface area contributed by atoms with E-state index in [-0.39, 0.29) is 37.4 Å². The number of piperidine rings is 1. The number of likely N-dealkylation sites (tertiary alicyclic amines) is 1. The molecule has 190 valence electrons. The highest BCUT2D eigenvalue weighted by atomic mass is 16.6. The molecule has 10 nitrogen and oxygen atoms in total. The molecule has 1 spiro atoms.